The molecule has 116 valence electrons. The zero-order valence-electron chi connectivity index (χ0n) is 11.5. The number of benzene rings is 1. The van der Waals surface area contributed by atoms with Gasteiger partial charge in [-0.1, -0.05) is 11.6 Å². The number of carbonyl (C=O) groups is 1. The van der Waals surface area contributed by atoms with Crippen molar-refractivity contribution in [1.82, 2.24) is 4.57 Å². The number of nitrogens with zero attached hydrogens (tertiary/aromatic N) is 3. The molecule has 23 heavy (non-hydrogen) atoms. The van der Waals surface area contributed by atoms with Gasteiger partial charge in [-0.25, -0.2) is 9.18 Å². The van der Waals surface area contributed by atoms with Crippen molar-refractivity contribution in [3.05, 3.63) is 44.4 Å². The highest BCUT2D eigenvalue weighted by Gasteiger charge is 2.26. The zero-order valence-corrected chi connectivity index (χ0v) is 13.9. The van der Waals surface area contributed by atoms with E-state index in [1.165, 1.54) is 12.3 Å². The van der Waals surface area contributed by atoms with Gasteiger partial charge in [-0.2, -0.15) is 10.5 Å². The van der Waals surface area contributed by atoms with Gasteiger partial charge in [0.15, 0.2) is 11.5 Å². The molecular formula is C14H7BrClFN4O2. The van der Waals surface area contributed by atoms with Crippen molar-refractivity contribution in [1.29, 1.82) is 10.5 Å². The van der Waals surface area contributed by atoms with E-state index in [0.29, 0.717) is 0 Å². The van der Waals surface area contributed by atoms with Crippen molar-refractivity contribution in [3.8, 4) is 17.8 Å². The Morgan fingerprint density at radius 1 is 1.48 bits per heavy atom. The summed E-state index contributed by atoms with van der Waals surface area (Å²) in [5.74, 6) is -1.71. The highest BCUT2D eigenvalue weighted by molar-refractivity contribution is 9.10. The molecule has 0 saturated heterocycles. The molecule has 0 amide bonds. The van der Waals surface area contributed by atoms with Crippen LogP contribution in [-0.2, 0) is 4.74 Å². The fourth-order valence-corrected chi connectivity index (χ4v) is 2.87. The number of esters is 1. The van der Waals surface area contributed by atoms with Gasteiger partial charge in [-0.05, 0) is 22.0 Å². The lowest BCUT2D eigenvalue weighted by Gasteiger charge is -2.13. The first-order chi connectivity index (χ1) is 10.9. The number of ether oxygens (including phenoxy) is 1. The van der Waals surface area contributed by atoms with Crippen molar-refractivity contribution in [2.75, 3.05) is 12.8 Å². The molecular weight excluding hydrogens is 391 g/mol. The number of carbonyl (C=O) groups excluding carboxylic acids is 1. The molecule has 0 atom stereocenters. The van der Waals surface area contributed by atoms with Crippen LogP contribution in [0.5, 0.6) is 0 Å². The summed E-state index contributed by atoms with van der Waals surface area (Å²) in [5.41, 5.74) is 4.85. The maximum absolute atomic E-state index is 14.2. The predicted molar refractivity (Wildman–Crippen MR) is 83.6 cm³/mol. The minimum absolute atomic E-state index is 0.0111. The Hall–Kier alpha value is -2.55. The van der Waals surface area contributed by atoms with E-state index in [0.717, 1.165) is 11.7 Å². The van der Waals surface area contributed by atoms with Gasteiger partial charge in [-0.15, -0.1) is 0 Å². The SMILES string of the molecule is COC(=O)c1c(N)c(C#N)cn1-c1c(Cl)cc(Br)c(F)c1C#N. The van der Waals surface area contributed by atoms with E-state index in [1.807, 2.05) is 0 Å². The summed E-state index contributed by atoms with van der Waals surface area (Å²) >= 11 is 9.05. The Bertz CT molecular complexity index is 911. The van der Waals surface area contributed by atoms with Gasteiger partial charge >= 0.3 is 5.97 Å². The normalized spacial score (nSPS) is 10.0. The molecule has 1 heterocycles. The molecule has 2 rings (SSSR count). The Kier molecular flexibility index (Phi) is 4.60. The number of methoxy groups -OCH3 is 1. The van der Waals surface area contributed by atoms with Crippen LogP contribution in [0.25, 0.3) is 5.69 Å². The van der Waals surface area contributed by atoms with Crippen LogP contribution in [0.3, 0.4) is 0 Å². The maximum Gasteiger partial charge on any atom is 0.357 e. The smallest absolute Gasteiger partial charge is 0.357 e. The van der Waals surface area contributed by atoms with Gasteiger partial charge in [0.1, 0.15) is 17.7 Å². The maximum atomic E-state index is 14.2. The molecule has 0 saturated carbocycles. The second kappa shape index (κ2) is 6.29. The fourth-order valence-electron chi connectivity index (χ4n) is 2.01. The summed E-state index contributed by atoms with van der Waals surface area (Å²) in [4.78, 5) is 12.0. The number of hydrogen-bond donors (Lipinski definition) is 1. The van der Waals surface area contributed by atoms with E-state index in [2.05, 4.69) is 20.7 Å². The number of aromatic nitrogens is 1. The third-order valence-corrected chi connectivity index (χ3v) is 3.91. The van der Waals surface area contributed by atoms with Gasteiger partial charge in [0.25, 0.3) is 0 Å². The van der Waals surface area contributed by atoms with E-state index in [1.54, 1.807) is 12.1 Å². The fraction of sp³-hybridized carbons (Fsp3) is 0.0714. The molecule has 6 nitrogen and oxygen atoms in total. The third kappa shape index (κ3) is 2.63. The molecule has 1 aromatic heterocycles. The highest BCUT2D eigenvalue weighted by Crippen LogP contribution is 2.35. The molecule has 0 aliphatic heterocycles. The summed E-state index contributed by atoms with van der Waals surface area (Å²) in [7, 11) is 1.13. The molecule has 0 fully saturated rings. The van der Waals surface area contributed by atoms with Crippen LogP contribution < -0.4 is 5.73 Å². The number of anilines is 1. The highest BCUT2D eigenvalue weighted by atomic mass is 79.9. The molecule has 2 N–H and O–H groups in total. The number of halogens is 3. The average molecular weight is 398 g/mol. The van der Waals surface area contributed by atoms with Gasteiger partial charge in [-0.3, -0.25) is 0 Å². The Labute approximate surface area is 143 Å². The topological polar surface area (TPSA) is 105 Å². The molecule has 9 heteroatoms. The van der Waals surface area contributed by atoms with E-state index in [4.69, 9.17) is 22.6 Å². The van der Waals surface area contributed by atoms with Gasteiger partial charge in [0.05, 0.1) is 33.5 Å². The van der Waals surface area contributed by atoms with Gasteiger partial charge in [0, 0.05) is 6.20 Å². The van der Waals surface area contributed by atoms with Crippen molar-refractivity contribution in [3.63, 3.8) is 0 Å². The third-order valence-electron chi connectivity index (χ3n) is 3.04. The van der Waals surface area contributed by atoms with Crippen LogP contribution in [0, 0.1) is 28.5 Å². The number of nitriles is 2. The van der Waals surface area contributed by atoms with Crippen LogP contribution in [0.1, 0.15) is 21.6 Å². The molecule has 0 unspecified atom stereocenters. The Morgan fingerprint density at radius 2 is 2.13 bits per heavy atom. The van der Waals surface area contributed by atoms with Crippen LogP contribution in [0.4, 0.5) is 10.1 Å². The monoisotopic (exact) mass is 396 g/mol. The molecule has 0 aliphatic rings. The lowest BCUT2D eigenvalue weighted by atomic mass is 10.1. The number of rotatable bonds is 2. The molecule has 0 radical (unpaired) electrons. The predicted octanol–water partition coefficient (Wildman–Crippen LogP) is 3.14. The first-order valence-electron chi connectivity index (χ1n) is 5.94. The van der Waals surface area contributed by atoms with Crippen LogP contribution in [0.2, 0.25) is 5.02 Å². The quantitative estimate of drug-likeness (QED) is 0.619. The lowest BCUT2D eigenvalue weighted by Crippen LogP contribution is -2.13. The van der Waals surface area contributed by atoms with Crippen molar-refractivity contribution >= 4 is 39.2 Å². The second-order valence-corrected chi connectivity index (χ2v) is 5.53. The summed E-state index contributed by atoms with van der Waals surface area (Å²) in [6.45, 7) is 0. The van der Waals surface area contributed by atoms with E-state index < -0.39 is 17.3 Å². The van der Waals surface area contributed by atoms with Gasteiger partial charge in [0.2, 0.25) is 0 Å². The molecule has 0 spiro atoms. The largest absolute Gasteiger partial charge is 0.464 e. The van der Waals surface area contributed by atoms with E-state index in [-0.39, 0.29) is 32.1 Å². The van der Waals surface area contributed by atoms with Gasteiger partial charge < -0.3 is 15.0 Å². The standard InChI is InChI=1S/C14H7BrClFN4O2/c1-23-14(22)13-11(20)6(3-18)5-21(13)12-7(4-19)10(17)8(15)2-9(12)16/h2,5H,20H2,1H3. The lowest BCUT2D eigenvalue weighted by molar-refractivity contribution is 0.0593. The first kappa shape index (κ1) is 16.8. The Morgan fingerprint density at radius 3 is 2.65 bits per heavy atom. The summed E-state index contributed by atoms with van der Waals surface area (Å²) in [6, 6.07) is 4.73. The van der Waals surface area contributed by atoms with Crippen molar-refractivity contribution < 1.29 is 13.9 Å². The number of nitrogen functional groups attached to an aromatic ring is 1. The van der Waals surface area contributed by atoms with E-state index in [9.17, 15) is 14.4 Å². The summed E-state index contributed by atoms with van der Waals surface area (Å²) in [6.07, 6.45) is 1.19. The average Bonchev–Trinajstić information content (AvgIpc) is 2.86. The van der Waals surface area contributed by atoms with Crippen molar-refractivity contribution in [2.24, 2.45) is 0 Å². The number of hydrogen-bond acceptors (Lipinski definition) is 5. The number of nitrogens with two attached hydrogens (primary N) is 1. The summed E-state index contributed by atoms with van der Waals surface area (Å²) < 4.78 is 19.9. The molecule has 2 aromatic rings. The van der Waals surface area contributed by atoms with Crippen LogP contribution in [-0.4, -0.2) is 17.6 Å². The first-order valence-corrected chi connectivity index (χ1v) is 7.11. The second-order valence-electron chi connectivity index (χ2n) is 4.27. The minimum Gasteiger partial charge on any atom is -0.464 e. The van der Waals surface area contributed by atoms with Crippen LogP contribution >= 0.6 is 27.5 Å². The zero-order chi connectivity index (χ0) is 17.3. The molecule has 0 bridgehead atoms. The summed E-state index contributed by atoms with van der Waals surface area (Å²) in [5, 5.41) is 18.3. The van der Waals surface area contributed by atoms with E-state index >= 15 is 0 Å². The Balaban J connectivity index is 2.95. The van der Waals surface area contributed by atoms with Crippen LogP contribution in [0.15, 0.2) is 16.7 Å². The molecule has 1 aromatic carbocycles. The molecule has 0 aliphatic carbocycles. The van der Waals surface area contributed by atoms with Crippen molar-refractivity contribution in [2.45, 2.75) is 0 Å². The minimum atomic E-state index is -0.854.